The van der Waals surface area contributed by atoms with Crippen molar-refractivity contribution in [3.8, 4) is 11.5 Å². The fourth-order valence-corrected chi connectivity index (χ4v) is 6.40. The SMILES string of the molecule is COC(=O)c1cc(OC)c2c(c1)O[C@]1(CC[C@H]3C[C@@H]1C3(C)C)CC2CC(C)C. The molecule has 0 amide bonds. The number of rotatable bonds is 4. The summed E-state index contributed by atoms with van der Waals surface area (Å²) >= 11 is 0. The molecule has 0 N–H and O–H groups in total. The van der Waals surface area contributed by atoms with E-state index in [9.17, 15) is 4.79 Å². The second-order valence-electron chi connectivity index (χ2n) is 10.1. The van der Waals surface area contributed by atoms with Gasteiger partial charge in [0.2, 0.25) is 0 Å². The Hall–Kier alpha value is -1.71. The van der Waals surface area contributed by atoms with Gasteiger partial charge in [-0.1, -0.05) is 27.7 Å². The molecule has 154 valence electrons. The minimum Gasteiger partial charge on any atom is -0.496 e. The molecular formula is C24H34O4. The molecule has 0 radical (unpaired) electrons. The Bertz CT molecular complexity index is 779. The predicted molar refractivity (Wildman–Crippen MR) is 109 cm³/mol. The van der Waals surface area contributed by atoms with Crippen LogP contribution in [-0.2, 0) is 4.74 Å². The zero-order chi connectivity index (χ0) is 20.3. The summed E-state index contributed by atoms with van der Waals surface area (Å²) in [7, 11) is 3.09. The topological polar surface area (TPSA) is 44.8 Å². The Labute approximate surface area is 168 Å². The molecule has 0 saturated heterocycles. The van der Waals surface area contributed by atoms with E-state index in [-0.39, 0.29) is 11.6 Å². The van der Waals surface area contributed by atoms with Crippen molar-refractivity contribution < 1.29 is 19.0 Å². The van der Waals surface area contributed by atoms with Crippen LogP contribution in [0.15, 0.2) is 12.1 Å². The maximum Gasteiger partial charge on any atom is 0.338 e. The molecule has 4 atom stereocenters. The number of carbonyl (C=O) groups is 1. The van der Waals surface area contributed by atoms with Gasteiger partial charge in [0.25, 0.3) is 0 Å². The Morgan fingerprint density at radius 2 is 2.04 bits per heavy atom. The Morgan fingerprint density at radius 1 is 1.29 bits per heavy atom. The monoisotopic (exact) mass is 386 g/mol. The minimum absolute atomic E-state index is 0.120. The van der Waals surface area contributed by atoms with E-state index in [4.69, 9.17) is 14.2 Å². The second kappa shape index (κ2) is 6.67. The van der Waals surface area contributed by atoms with Crippen LogP contribution in [-0.4, -0.2) is 25.8 Å². The first-order valence-electron chi connectivity index (χ1n) is 10.7. The van der Waals surface area contributed by atoms with Gasteiger partial charge in [0, 0.05) is 11.5 Å². The molecule has 3 aliphatic carbocycles. The van der Waals surface area contributed by atoms with Crippen molar-refractivity contribution in [3.63, 3.8) is 0 Å². The first-order chi connectivity index (χ1) is 13.2. The van der Waals surface area contributed by atoms with Crippen LogP contribution in [0.5, 0.6) is 11.5 Å². The number of ether oxygens (including phenoxy) is 3. The van der Waals surface area contributed by atoms with E-state index in [0.717, 1.165) is 42.2 Å². The Kier molecular flexibility index (Phi) is 4.67. The lowest BCUT2D eigenvalue weighted by Gasteiger charge is -2.66. The number of benzene rings is 1. The summed E-state index contributed by atoms with van der Waals surface area (Å²) in [5, 5.41) is 0. The highest BCUT2D eigenvalue weighted by molar-refractivity contribution is 5.90. The number of hydrogen-bond acceptors (Lipinski definition) is 4. The Morgan fingerprint density at radius 3 is 2.61 bits per heavy atom. The molecule has 0 aromatic heterocycles. The maximum absolute atomic E-state index is 12.2. The number of hydrogen-bond donors (Lipinski definition) is 0. The first-order valence-corrected chi connectivity index (χ1v) is 10.7. The molecule has 1 aromatic carbocycles. The highest BCUT2D eigenvalue weighted by Crippen LogP contribution is 2.67. The standard InChI is InChI=1S/C24H34O4/c1-14(2)9-16-13-24(8-7-17-12-20(24)23(17,3)4)28-19-11-15(22(25)27-6)10-18(26-5)21(16)19/h10-11,14,16-17,20H,7-9,12-13H2,1-6H3/t16?,17-,20+,24+/m0/s1. The molecule has 1 aliphatic heterocycles. The van der Waals surface area contributed by atoms with Crippen LogP contribution in [0, 0.1) is 23.2 Å². The normalized spacial score (nSPS) is 32.3. The lowest BCUT2D eigenvalue weighted by Crippen LogP contribution is -2.64. The molecule has 4 nitrogen and oxygen atoms in total. The van der Waals surface area contributed by atoms with E-state index in [1.165, 1.54) is 20.0 Å². The van der Waals surface area contributed by atoms with E-state index in [0.29, 0.717) is 28.7 Å². The van der Waals surface area contributed by atoms with Crippen LogP contribution in [0.2, 0.25) is 0 Å². The van der Waals surface area contributed by atoms with E-state index < -0.39 is 0 Å². The number of fused-ring (bicyclic) bond motifs is 2. The molecule has 4 aliphatic rings. The molecule has 4 heteroatoms. The first kappa shape index (κ1) is 19.6. The van der Waals surface area contributed by atoms with E-state index in [1.807, 2.05) is 12.1 Å². The summed E-state index contributed by atoms with van der Waals surface area (Å²) in [4.78, 5) is 12.2. The summed E-state index contributed by atoms with van der Waals surface area (Å²) in [6.07, 6.45) is 5.77. The van der Waals surface area contributed by atoms with Crippen molar-refractivity contribution >= 4 is 5.97 Å². The summed E-state index contributed by atoms with van der Waals surface area (Å²) in [6.45, 7) is 9.38. The highest BCUT2D eigenvalue weighted by Gasteiger charge is 2.64. The third-order valence-electron chi connectivity index (χ3n) is 7.84. The summed E-state index contributed by atoms with van der Waals surface area (Å²) in [5.41, 5.74) is 1.85. The molecule has 1 heterocycles. The summed E-state index contributed by atoms with van der Waals surface area (Å²) < 4.78 is 17.5. The van der Waals surface area contributed by atoms with Crippen molar-refractivity contribution in [3.05, 3.63) is 23.3 Å². The van der Waals surface area contributed by atoms with Gasteiger partial charge in [-0.2, -0.15) is 0 Å². The van der Waals surface area contributed by atoms with Crippen molar-refractivity contribution in [2.24, 2.45) is 23.2 Å². The van der Waals surface area contributed by atoms with Gasteiger partial charge in [-0.15, -0.1) is 0 Å². The van der Waals surface area contributed by atoms with Gasteiger partial charge in [-0.3, -0.25) is 0 Å². The smallest absolute Gasteiger partial charge is 0.338 e. The van der Waals surface area contributed by atoms with Crippen LogP contribution in [0.4, 0.5) is 0 Å². The highest BCUT2D eigenvalue weighted by atomic mass is 16.5. The number of esters is 1. The van der Waals surface area contributed by atoms with Gasteiger partial charge in [-0.25, -0.2) is 4.79 Å². The lowest BCUT2D eigenvalue weighted by atomic mass is 9.42. The van der Waals surface area contributed by atoms with Gasteiger partial charge in [0.05, 0.1) is 19.8 Å². The van der Waals surface area contributed by atoms with Gasteiger partial charge in [-0.05, 0) is 67.4 Å². The minimum atomic E-state index is -0.350. The lowest BCUT2D eigenvalue weighted by molar-refractivity contribution is -0.198. The van der Waals surface area contributed by atoms with E-state index >= 15 is 0 Å². The van der Waals surface area contributed by atoms with Gasteiger partial charge in [0.15, 0.2) is 0 Å². The predicted octanol–water partition coefficient (Wildman–Crippen LogP) is 5.59. The second-order valence-corrected chi connectivity index (χ2v) is 10.1. The molecule has 1 aromatic rings. The summed E-state index contributed by atoms with van der Waals surface area (Å²) in [5.74, 6) is 3.61. The number of carbonyl (C=O) groups excluding carboxylic acids is 1. The third-order valence-corrected chi connectivity index (χ3v) is 7.84. The van der Waals surface area contributed by atoms with E-state index in [2.05, 4.69) is 27.7 Å². The molecule has 5 rings (SSSR count). The van der Waals surface area contributed by atoms with Crippen molar-refractivity contribution in [1.82, 2.24) is 0 Å². The molecule has 3 fully saturated rings. The molecule has 28 heavy (non-hydrogen) atoms. The molecule has 2 bridgehead atoms. The zero-order valence-corrected chi connectivity index (χ0v) is 18.1. The van der Waals surface area contributed by atoms with Gasteiger partial charge in [0.1, 0.15) is 17.1 Å². The van der Waals surface area contributed by atoms with Crippen LogP contribution in [0.1, 0.15) is 81.6 Å². The number of methoxy groups -OCH3 is 2. The fourth-order valence-electron chi connectivity index (χ4n) is 6.40. The van der Waals surface area contributed by atoms with Crippen molar-refractivity contribution in [1.29, 1.82) is 0 Å². The molecule has 1 spiro atoms. The Balaban J connectivity index is 1.81. The van der Waals surface area contributed by atoms with Crippen molar-refractivity contribution in [2.75, 3.05) is 14.2 Å². The third kappa shape index (κ3) is 2.83. The van der Waals surface area contributed by atoms with Crippen molar-refractivity contribution in [2.45, 2.75) is 71.3 Å². The van der Waals surface area contributed by atoms with Crippen LogP contribution in [0.3, 0.4) is 0 Å². The van der Waals surface area contributed by atoms with Gasteiger partial charge < -0.3 is 14.2 Å². The largest absolute Gasteiger partial charge is 0.496 e. The maximum atomic E-state index is 12.2. The zero-order valence-electron chi connectivity index (χ0n) is 18.1. The van der Waals surface area contributed by atoms with E-state index in [1.54, 1.807) is 7.11 Å². The van der Waals surface area contributed by atoms with Gasteiger partial charge >= 0.3 is 5.97 Å². The average molecular weight is 387 g/mol. The molecule has 3 saturated carbocycles. The summed E-state index contributed by atoms with van der Waals surface area (Å²) in [6, 6.07) is 3.69. The van der Waals surface area contributed by atoms with Crippen LogP contribution in [0.25, 0.3) is 0 Å². The molecular weight excluding hydrogens is 352 g/mol. The molecule has 1 unspecified atom stereocenters. The van der Waals surface area contributed by atoms with Crippen LogP contribution < -0.4 is 9.47 Å². The average Bonchev–Trinajstić information content (AvgIpc) is 2.65. The quantitative estimate of drug-likeness (QED) is 0.633. The van der Waals surface area contributed by atoms with Crippen LogP contribution >= 0.6 is 0 Å². The fraction of sp³-hybridized carbons (Fsp3) is 0.708.